The van der Waals surface area contributed by atoms with Crippen LogP contribution in [0.15, 0.2) is 0 Å². The molecule has 10 nitrogen and oxygen atoms in total. The lowest BCUT2D eigenvalue weighted by atomic mass is 9.99. The van der Waals surface area contributed by atoms with Crippen LogP contribution in [0.4, 0.5) is 0 Å². The Bertz CT molecular complexity index is 890. The van der Waals surface area contributed by atoms with Crippen molar-refractivity contribution in [2.75, 3.05) is 18.6 Å². The maximum atomic E-state index is 12.0. The Hall–Kier alpha value is -1.62. The van der Waals surface area contributed by atoms with E-state index in [-0.39, 0.29) is 31.4 Å². The lowest BCUT2D eigenvalue weighted by molar-refractivity contribution is -0.167. The normalized spacial score (nSPS) is 13.6. The van der Waals surface area contributed by atoms with E-state index in [1.54, 1.807) is 0 Å². The van der Waals surface area contributed by atoms with E-state index in [0.717, 1.165) is 96.3 Å². The highest BCUT2D eigenvalue weighted by Crippen LogP contribution is 2.20. The predicted molar refractivity (Wildman–Crippen MR) is 206 cm³/mol. The Morgan fingerprint density at radius 1 is 0.442 bits per heavy atom. The number of aliphatic hydroxyl groups excluding tert-OH is 2. The molecule has 4 atom stereocenters. The first-order chi connectivity index (χ1) is 25.2. The van der Waals surface area contributed by atoms with Crippen molar-refractivity contribution in [3.63, 3.8) is 0 Å². The van der Waals surface area contributed by atoms with Gasteiger partial charge < -0.3 is 29.2 Å². The van der Waals surface area contributed by atoms with Gasteiger partial charge in [-0.15, -0.1) is 23.2 Å². The van der Waals surface area contributed by atoms with E-state index in [9.17, 15) is 29.4 Å². The Labute approximate surface area is 324 Å². The van der Waals surface area contributed by atoms with Crippen molar-refractivity contribution in [1.29, 1.82) is 0 Å². The number of esters is 4. The topological polar surface area (TPSA) is 146 Å². The first-order valence-corrected chi connectivity index (χ1v) is 21.4. The van der Waals surface area contributed by atoms with E-state index in [1.807, 2.05) is 0 Å². The highest BCUT2D eigenvalue weighted by Gasteiger charge is 2.23. The van der Waals surface area contributed by atoms with Gasteiger partial charge in [-0.25, -0.2) is 0 Å². The summed E-state index contributed by atoms with van der Waals surface area (Å²) in [6.07, 6.45) is 20.7. The molecular weight excluding hydrogens is 711 g/mol. The summed E-state index contributed by atoms with van der Waals surface area (Å²) in [5, 5.41) is 21.2. The molecule has 306 valence electrons. The molecule has 4 unspecified atom stereocenters. The van der Waals surface area contributed by atoms with Crippen LogP contribution >= 0.6 is 23.2 Å². The van der Waals surface area contributed by atoms with Crippen LogP contribution in [0.5, 0.6) is 0 Å². The molecule has 0 saturated heterocycles. The second-order valence-electron chi connectivity index (χ2n) is 14.0. The first kappa shape index (κ1) is 50.4. The van der Waals surface area contributed by atoms with E-state index in [0.29, 0.717) is 38.5 Å². The molecule has 0 aliphatic heterocycles. The van der Waals surface area contributed by atoms with Gasteiger partial charge in [0.15, 0.2) is 0 Å². The molecule has 52 heavy (non-hydrogen) atoms. The minimum absolute atomic E-state index is 0.223. The molecule has 2 N–H and O–H groups in total. The molecule has 0 amide bonds. The van der Waals surface area contributed by atoms with Gasteiger partial charge in [0.2, 0.25) is 6.79 Å². The molecule has 0 aromatic carbocycles. The van der Waals surface area contributed by atoms with Crippen molar-refractivity contribution in [2.24, 2.45) is 0 Å². The summed E-state index contributed by atoms with van der Waals surface area (Å²) in [5.41, 5.74) is 0. The van der Waals surface area contributed by atoms with Gasteiger partial charge >= 0.3 is 23.9 Å². The fraction of sp³-hybridized carbons (Fsp3) is 0.900. The molecule has 0 saturated carbocycles. The van der Waals surface area contributed by atoms with Gasteiger partial charge in [0, 0.05) is 12.8 Å². The van der Waals surface area contributed by atoms with Crippen LogP contribution in [0.1, 0.15) is 187 Å². The fourth-order valence-corrected chi connectivity index (χ4v) is 6.24. The number of rotatable bonds is 37. The van der Waals surface area contributed by atoms with Gasteiger partial charge in [-0.3, -0.25) is 19.2 Å². The molecule has 0 fully saturated rings. The lowest BCUT2D eigenvalue weighted by Crippen LogP contribution is -2.32. The van der Waals surface area contributed by atoms with Gasteiger partial charge in [0.1, 0.15) is 24.0 Å². The first-order valence-electron chi connectivity index (χ1n) is 20.4. The average Bonchev–Trinajstić information content (AvgIpc) is 3.13. The van der Waals surface area contributed by atoms with Crippen LogP contribution in [-0.4, -0.2) is 77.1 Å². The van der Waals surface area contributed by atoms with Crippen molar-refractivity contribution in [3.8, 4) is 0 Å². The maximum absolute atomic E-state index is 12.0. The molecule has 0 aromatic rings. The molecular formula is C40H72Cl2O10. The summed E-state index contributed by atoms with van der Waals surface area (Å²) in [7, 11) is 0. The van der Waals surface area contributed by atoms with Crippen molar-refractivity contribution in [1.82, 2.24) is 0 Å². The molecule has 0 aliphatic rings. The van der Waals surface area contributed by atoms with Crippen LogP contribution in [0.3, 0.4) is 0 Å². The quantitative estimate of drug-likeness (QED) is 0.0205. The molecule has 0 aromatic heterocycles. The lowest BCUT2D eigenvalue weighted by Gasteiger charge is -2.23. The number of alkyl halides is 2. The zero-order valence-corrected chi connectivity index (χ0v) is 34.0. The summed E-state index contributed by atoms with van der Waals surface area (Å²) in [4.78, 5) is 47.5. The van der Waals surface area contributed by atoms with Crippen LogP contribution < -0.4 is 0 Å². The largest absolute Gasteiger partial charge is 0.459 e. The van der Waals surface area contributed by atoms with Gasteiger partial charge in [-0.05, 0) is 51.4 Å². The zero-order chi connectivity index (χ0) is 38.7. The smallest absolute Gasteiger partial charge is 0.321 e. The van der Waals surface area contributed by atoms with E-state index >= 15 is 0 Å². The summed E-state index contributed by atoms with van der Waals surface area (Å²) in [6.45, 7) is 3.96. The van der Waals surface area contributed by atoms with Crippen LogP contribution in [0, 0.1) is 0 Å². The Balaban J connectivity index is 3.95. The Morgan fingerprint density at radius 3 is 1.10 bits per heavy atom. The van der Waals surface area contributed by atoms with E-state index < -0.39 is 48.3 Å². The monoisotopic (exact) mass is 782 g/mol. The minimum atomic E-state index is -0.712. The molecule has 0 radical (unpaired) electrons. The number of carbonyl (C=O) groups excluding carboxylic acids is 4. The van der Waals surface area contributed by atoms with Gasteiger partial charge in [-0.1, -0.05) is 123 Å². The van der Waals surface area contributed by atoms with Crippen LogP contribution in [0.2, 0.25) is 0 Å². The number of halogens is 2. The van der Waals surface area contributed by atoms with Crippen molar-refractivity contribution >= 4 is 47.1 Å². The summed E-state index contributed by atoms with van der Waals surface area (Å²) in [6, 6.07) is 0. The van der Waals surface area contributed by atoms with E-state index in [1.165, 1.54) is 25.7 Å². The standard InChI is InChI=1S/C40H72Cl2O10/c1-3-5-7-9-15-21-27-36(52-40(48)31-42)34(44)25-19-14-11-17-23-29-38(46)50-32-49-37(45)28-22-16-10-13-18-24-33(43)35(51-39(47)30-41)26-20-12-8-6-4-2/h33-36,43-44H,3-32H2,1-2H3. The summed E-state index contributed by atoms with van der Waals surface area (Å²) in [5.74, 6) is -2.26. The Kier molecular flexibility index (Phi) is 35.2. The van der Waals surface area contributed by atoms with Crippen molar-refractivity contribution in [2.45, 2.75) is 212 Å². The second-order valence-corrected chi connectivity index (χ2v) is 14.5. The molecule has 0 heterocycles. The molecule has 0 rings (SSSR count). The number of carbonyl (C=O) groups is 4. The average molecular weight is 784 g/mol. The number of unbranched alkanes of at least 4 members (excludes halogenated alkanes) is 17. The SMILES string of the molecule is CCCCCCCCC(OC(=O)CCl)C(O)CCCCCCCC(=O)OCOC(=O)CCCCCCCC(O)C(CCCCCCC)OC(=O)CCl. The number of ether oxygens (including phenoxy) is 4. The van der Waals surface area contributed by atoms with Crippen molar-refractivity contribution < 1.29 is 48.3 Å². The number of aliphatic hydroxyl groups is 2. The molecule has 0 aliphatic carbocycles. The molecule has 0 bridgehead atoms. The van der Waals surface area contributed by atoms with Crippen LogP contribution in [-0.2, 0) is 38.1 Å². The van der Waals surface area contributed by atoms with Gasteiger partial charge in [0.25, 0.3) is 0 Å². The zero-order valence-electron chi connectivity index (χ0n) is 32.4. The van der Waals surface area contributed by atoms with Crippen molar-refractivity contribution in [3.05, 3.63) is 0 Å². The third-order valence-electron chi connectivity index (χ3n) is 9.28. The number of hydrogen-bond acceptors (Lipinski definition) is 10. The second kappa shape index (κ2) is 36.4. The van der Waals surface area contributed by atoms with Gasteiger partial charge in [0.05, 0.1) is 12.2 Å². The number of hydrogen-bond donors (Lipinski definition) is 2. The van der Waals surface area contributed by atoms with Gasteiger partial charge in [-0.2, -0.15) is 0 Å². The fourth-order valence-electron chi connectivity index (χ4n) is 6.12. The summed E-state index contributed by atoms with van der Waals surface area (Å²) < 4.78 is 20.9. The third-order valence-corrected chi connectivity index (χ3v) is 9.71. The van der Waals surface area contributed by atoms with Crippen LogP contribution in [0.25, 0.3) is 0 Å². The highest BCUT2D eigenvalue weighted by atomic mass is 35.5. The summed E-state index contributed by atoms with van der Waals surface area (Å²) >= 11 is 11.2. The Morgan fingerprint density at radius 2 is 0.750 bits per heavy atom. The molecule has 0 spiro atoms. The van der Waals surface area contributed by atoms with E-state index in [4.69, 9.17) is 42.1 Å². The molecule has 12 heteroatoms. The minimum Gasteiger partial charge on any atom is -0.459 e. The highest BCUT2D eigenvalue weighted by molar-refractivity contribution is 6.26. The third kappa shape index (κ3) is 30.8. The maximum Gasteiger partial charge on any atom is 0.321 e. The van der Waals surface area contributed by atoms with E-state index in [2.05, 4.69) is 13.8 Å². The predicted octanol–water partition coefficient (Wildman–Crippen LogP) is 9.63.